The molecule has 0 bridgehead atoms. The van der Waals surface area contributed by atoms with Crippen LogP contribution in [0.4, 0.5) is 0 Å². The average molecular weight is 487 g/mol. The molecule has 1 saturated heterocycles. The van der Waals surface area contributed by atoms with Gasteiger partial charge in [-0.2, -0.15) is 5.10 Å². The molecule has 36 heavy (non-hydrogen) atoms. The number of hydrogen-bond acceptors (Lipinski definition) is 6. The molecule has 2 aliphatic carbocycles. The second kappa shape index (κ2) is 9.65. The summed E-state index contributed by atoms with van der Waals surface area (Å²) in [6, 6.07) is 6.83. The second-order valence-corrected chi connectivity index (χ2v) is 10.2. The third-order valence-corrected chi connectivity index (χ3v) is 8.21. The number of nitrogens with zero attached hydrogens (tertiary/aromatic N) is 6. The summed E-state index contributed by atoms with van der Waals surface area (Å²) in [5.74, 6) is 1.41. The lowest BCUT2D eigenvalue weighted by Crippen LogP contribution is -2.52. The fourth-order valence-corrected chi connectivity index (χ4v) is 6.05. The van der Waals surface area contributed by atoms with Crippen molar-refractivity contribution >= 4 is 5.91 Å². The minimum atomic E-state index is 0.0532. The van der Waals surface area contributed by atoms with Gasteiger partial charge in [0.1, 0.15) is 5.75 Å². The molecule has 3 heterocycles. The molecule has 1 amide bonds. The predicted octanol–water partition coefficient (Wildman–Crippen LogP) is 3.84. The molecule has 1 aliphatic heterocycles. The summed E-state index contributed by atoms with van der Waals surface area (Å²) >= 11 is 0. The van der Waals surface area contributed by atoms with E-state index in [1.807, 2.05) is 24.1 Å². The molecule has 1 aromatic carbocycles. The quantitative estimate of drug-likeness (QED) is 0.558. The van der Waals surface area contributed by atoms with E-state index in [9.17, 15) is 4.79 Å². The van der Waals surface area contributed by atoms with E-state index in [4.69, 9.17) is 9.72 Å². The Kier molecular flexibility index (Phi) is 6.21. The Morgan fingerprint density at radius 3 is 2.56 bits per heavy atom. The lowest BCUT2D eigenvalue weighted by Gasteiger charge is -2.40. The van der Waals surface area contributed by atoms with Crippen molar-refractivity contribution in [3.63, 3.8) is 0 Å². The van der Waals surface area contributed by atoms with Gasteiger partial charge in [0.05, 0.1) is 30.3 Å². The van der Waals surface area contributed by atoms with Gasteiger partial charge in [0, 0.05) is 44.0 Å². The maximum Gasteiger partial charge on any atom is 0.257 e. The topological polar surface area (TPSA) is 76.4 Å². The van der Waals surface area contributed by atoms with E-state index in [1.54, 1.807) is 18.0 Å². The first kappa shape index (κ1) is 23.2. The smallest absolute Gasteiger partial charge is 0.257 e. The molecule has 0 unspecified atom stereocenters. The van der Waals surface area contributed by atoms with E-state index in [1.165, 1.54) is 37.7 Å². The van der Waals surface area contributed by atoms with Gasteiger partial charge in [0.25, 0.3) is 11.9 Å². The fourth-order valence-electron chi connectivity index (χ4n) is 6.05. The number of piperazine rings is 1. The van der Waals surface area contributed by atoms with Crippen molar-refractivity contribution in [2.45, 2.75) is 57.9 Å². The Hall–Kier alpha value is -3.26. The molecule has 188 valence electrons. The van der Waals surface area contributed by atoms with Crippen molar-refractivity contribution in [2.75, 3.05) is 33.3 Å². The Balaban J connectivity index is 1.21. The van der Waals surface area contributed by atoms with Crippen LogP contribution in [0, 0.1) is 6.92 Å². The first-order valence-corrected chi connectivity index (χ1v) is 13.2. The van der Waals surface area contributed by atoms with Gasteiger partial charge >= 0.3 is 0 Å². The molecule has 6 rings (SSSR count). The number of carbonyl (C=O) groups is 1. The summed E-state index contributed by atoms with van der Waals surface area (Å²) in [6.45, 7) is 5.40. The van der Waals surface area contributed by atoms with Gasteiger partial charge < -0.3 is 9.64 Å². The summed E-state index contributed by atoms with van der Waals surface area (Å²) < 4.78 is 7.10. The zero-order valence-electron chi connectivity index (χ0n) is 21.2. The van der Waals surface area contributed by atoms with E-state index in [0.29, 0.717) is 17.6 Å². The van der Waals surface area contributed by atoms with Gasteiger partial charge in [0.2, 0.25) is 0 Å². The van der Waals surface area contributed by atoms with Crippen molar-refractivity contribution in [1.29, 1.82) is 0 Å². The molecular weight excluding hydrogens is 452 g/mol. The predicted molar refractivity (Wildman–Crippen MR) is 138 cm³/mol. The van der Waals surface area contributed by atoms with Crippen LogP contribution in [-0.4, -0.2) is 74.8 Å². The standard InChI is InChI=1S/C28H34N6O2/c1-19-25(27(35)33-14-12-32(13-15-33)22-6-4-3-5-7-22)18-30-34(19)28-29-17-21-9-8-20-16-23(36-2)10-11-24(20)26(21)31-28/h10-11,16-18,22H,3-9,12-15H2,1-2H3. The number of aryl methyl sites for hydroxylation is 2. The SMILES string of the molecule is COc1ccc2c(c1)CCc1cnc(-n3ncc(C(=O)N4CCN(C5CCCCC5)CC4)c3C)nc1-2. The number of hydrogen-bond donors (Lipinski definition) is 0. The molecule has 1 saturated carbocycles. The number of fused-ring (bicyclic) bond motifs is 3. The number of ether oxygens (including phenoxy) is 1. The van der Waals surface area contributed by atoms with Gasteiger partial charge in [-0.05, 0) is 61.9 Å². The first-order valence-electron chi connectivity index (χ1n) is 13.2. The molecule has 8 heteroatoms. The monoisotopic (exact) mass is 486 g/mol. The Labute approximate surface area is 212 Å². The average Bonchev–Trinajstić information content (AvgIpc) is 3.33. The summed E-state index contributed by atoms with van der Waals surface area (Å²) in [5.41, 5.74) is 5.82. The molecule has 3 aliphatic rings. The highest BCUT2D eigenvalue weighted by atomic mass is 16.5. The van der Waals surface area contributed by atoms with Crippen molar-refractivity contribution in [2.24, 2.45) is 0 Å². The van der Waals surface area contributed by atoms with E-state index in [-0.39, 0.29) is 5.91 Å². The summed E-state index contributed by atoms with van der Waals surface area (Å²) in [6.07, 6.45) is 12.1. The van der Waals surface area contributed by atoms with Gasteiger partial charge in [-0.25, -0.2) is 14.6 Å². The highest BCUT2D eigenvalue weighted by Crippen LogP contribution is 2.34. The van der Waals surface area contributed by atoms with E-state index in [2.05, 4.69) is 27.1 Å². The van der Waals surface area contributed by atoms with Crippen molar-refractivity contribution < 1.29 is 9.53 Å². The van der Waals surface area contributed by atoms with Crippen LogP contribution in [-0.2, 0) is 12.8 Å². The van der Waals surface area contributed by atoms with Crippen molar-refractivity contribution in [3.05, 3.63) is 53.0 Å². The van der Waals surface area contributed by atoms with Crippen LogP contribution in [0.3, 0.4) is 0 Å². The molecule has 2 aromatic heterocycles. The largest absolute Gasteiger partial charge is 0.497 e. The number of methoxy groups -OCH3 is 1. The maximum absolute atomic E-state index is 13.4. The highest BCUT2D eigenvalue weighted by molar-refractivity contribution is 5.95. The number of carbonyl (C=O) groups excluding carboxylic acids is 1. The fraction of sp³-hybridized carbons (Fsp3) is 0.500. The van der Waals surface area contributed by atoms with Gasteiger partial charge in [-0.15, -0.1) is 0 Å². The number of amides is 1. The molecule has 0 radical (unpaired) electrons. The van der Waals surface area contributed by atoms with Crippen LogP contribution in [0.25, 0.3) is 17.2 Å². The third kappa shape index (κ3) is 4.17. The van der Waals surface area contributed by atoms with Crippen LogP contribution >= 0.6 is 0 Å². The summed E-state index contributed by atoms with van der Waals surface area (Å²) in [4.78, 5) is 27.5. The normalized spacial score (nSPS) is 18.6. The van der Waals surface area contributed by atoms with Gasteiger partial charge in [-0.1, -0.05) is 19.3 Å². The van der Waals surface area contributed by atoms with E-state index in [0.717, 1.165) is 67.3 Å². The molecule has 2 fully saturated rings. The zero-order chi connectivity index (χ0) is 24.6. The molecule has 8 nitrogen and oxygen atoms in total. The molecule has 0 spiro atoms. The van der Waals surface area contributed by atoms with Crippen molar-refractivity contribution in [1.82, 2.24) is 29.5 Å². The number of benzene rings is 1. The number of rotatable bonds is 4. The zero-order valence-corrected chi connectivity index (χ0v) is 21.2. The third-order valence-electron chi connectivity index (χ3n) is 8.21. The Bertz CT molecular complexity index is 1270. The van der Waals surface area contributed by atoms with Crippen molar-refractivity contribution in [3.8, 4) is 23.0 Å². The highest BCUT2D eigenvalue weighted by Gasteiger charge is 2.29. The number of aromatic nitrogens is 4. The Morgan fingerprint density at radius 1 is 1.00 bits per heavy atom. The molecule has 0 atom stereocenters. The second-order valence-electron chi connectivity index (χ2n) is 10.2. The maximum atomic E-state index is 13.4. The van der Waals surface area contributed by atoms with Crippen LogP contribution in [0.2, 0.25) is 0 Å². The first-order chi connectivity index (χ1) is 17.6. The van der Waals surface area contributed by atoms with Crippen LogP contribution in [0.1, 0.15) is 59.3 Å². The lowest BCUT2D eigenvalue weighted by atomic mass is 9.90. The molecular formula is C28H34N6O2. The van der Waals surface area contributed by atoms with Crippen LogP contribution in [0.15, 0.2) is 30.6 Å². The van der Waals surface area contributed by atoms with Gasteiger partial charge in [-0.3, -0.25) is 9.69 Å². The lowest BCUT2D eigenvalue weighted by molar-refractivity contribution is 0.0522. The van der Waals surface area contributed by atoms with Crippen LogP contribution < -0.4 is 4.74 Å². The Morgan fingerprint density at radius 2 is 1.78 bits per heavy atom. The van der Waals surface area contributed by atoms with E-state index < -0.39 is 0 Å². The molecule has 0 N–H and O–H groups in total. The summed E-state index contributed by atoms with van der Waals surface area (Å²) in [7, 11) is 1.69. The van der Waals surface area contributed by atoms with Crippen LogP contribution in [0.5, 0.6) is 5.75 Å². The molecule has 3 aromatic rings. The minimum Gasteiger partial charge on any atom is -0.497 e. The van der Waals surface area contributed by atoms with E-state index >= 15 is 0 Å². The minimum absolute atomic E-state index is 0.0532. The van der Waals surface area contributed by atoms with Gasteiger partial charge in [0.15, 0.2) is 0 Å². The summed E-state index contributed by atoms with van der Waals surface area (Å²) in [5, 5.41) is 4.54.